The van der Waals surface area contributed by atoms with Crippen LogP contribution in [0.1, 0.15) is 13.3 Å². The molecule has 17 heavy (non-hydrogen) atoms. The molecule has 0 aliphatic carbocycles. The maximum absolute atomic E-state index is 11.8. The number of nitrogens with one attached hydrogen (secondary N) is 1. The molecule has 0 aliphatic heterocycles. The molecule has 0 saturated carbocycles. The second kappa shape index (κ2) is 6.35. The summed E-state index contributed by atoms with van der Waals surface area (Å²) < 4.78 is 5.15. The standard InChI is InChI=1S/C12H17ClN2O2/c1-4-7-15(2)12(16)14-10-8-9(13)5-6-11(10)17-3/h5-6,8H,4,7H2,1-3H3,(H,14,16). The summed E-state index contributed by atoms with van der Waals surface area (Å²) in [5, 5.41) is 3.32. The third kappa shape index (κ3) is 3.82. The van der Waals surface area contributed by atoms with Gasteiger partial charge < -0.3 is 15.0 Å². The summed E-state index contributed by atoms with van der Waals surface area (Å²) in [6, 6.07) is 4.93. The van der Waals surface area contributed by atoms with Gasteiger partial charge in [-0.15, -0.1) is 0 Å². The van der Waals surface area contributed by atoms with Gasteiger partial charge in [0.25, 0.3) is 0 Å². The molecule has 0 heterocycles. The molecule has 0 atom stereocenters. The molecule has 0 aromatic heterocycles. The minimum atomic E-state index is -0.174. The van der Waals surface area contributed by atoms with Gasteiger partial charge in [0.1, 0.15) is 5.75 Å². The Morgan fingerprint density at radius 3 is 2.82 bits per heavy atom. The largest absolute Gasteiger partial charge is 0.495 e. The molecule has 0 saturated heterocycles. The highest BCUT2D eigenvalue weighted by Gasteiger charge is 2.11. The lowest BCUT2D eigenvalue weighted by molar-refractivity contribution is 0.222. The topological polar surface area (TPSA) is 41.6 Å². The summed E-state index contributed by atoms with van der Waals surface area (Å²) in [6.45, 7) is 2.72. The molecule has 4 nitrogen and oxygen atoms in total. The van der Waals surface area contributed by atoms with E-state index in [-0.39, 0.29) is 6.03 Å². The average Bonchev–Trinajstić information content (AvgIpc) is 2.29. The number of methoxy groups -OCH3 is 1. The van der Waals surface area contributed by atoms with E-state index in [0.29, 0.717) is 23.0 Å². The number of carbonyl (C=O) groups is 1. The van der Waals surface area contributed by atoms with Crippen molar-refractivity contribution in [3.63, 3.8) is 0 Å². The predicted octanol–water partition coefficient (Wildman–Crippen LogP) is 3.22. The van der Waals surface area contributed by atoms with Crippen LogP contribution in [0.25, 0.3) is 0 Å². The molecule has 94 valence electrons. The molecule has 0 spiro atoms. The molecule has 0 aliphatic rings. The lowest BCUT2D eigenvalue weighted by Crippen LogP contribution is -2.31. The number of ether oxygens (including phenoxy) is 1. The van der Waals surface area contributed by atoms with E-state index in [0.717, 1.165) is 6.42 Å². The summed E-state index contributed by atoms with van der Waals surface area (Å²) >= 11 is 5.88. The highest BCUT2D eigenvalue weighted by Crippen LogP contribution is 2.27. The number of rotatable bonds is 4. The van der Waals surface area contributed by atoms with Gasteiger partial charge in [-0.05, 0) is 24.6 Å². The zero-order chi connectivity index (χ0) is 12.8. The highest BCUT2D eigenvalue weighted by molar-refractivity contribution is 6.31. The van der Waals surface area contributed by atoms with Gasteiger partial charge in [0.05, 0.1) is 12.8 Å². The normalized spacial score (nSPS) is 9.88. The Balaban J connectivity index is 2.79. The van der Waals surface area contributed by atoms with Gasteiger partial charge in [0, 0.05) is 18.6 Å². The van der Waals surface area contributed by atoms with Crippen molar-refractivity contribution in [2.45, 2.75) is 13.3 Å². The summed E-state index contributed by atoms with van der Waals surface area (Å²) in [5.74, 6) is 0.590. The van der Waals surface area contributed by atoms with Crippen LogP contribution >= 0.6 is 11.6 Å². The summed E-state index contributed by atoms with van der Waals surface area (Å²) in [4.78, 5) is 13.4. The molecule has 5 heteroatoms. The molecule has 1 aromatic carbocycles. The van der Waals surface area contributed by atoms with E-state index < -0.39 is 0 Å². The Kier molecular flexibility index (Phi) is 5.10. The first-order valence-corrected chi connectivity index (χ1v) is 5.82. The second-order valence-corrected chi connectivity index (χ2v) is 4.13. The van der Waals surface area contributed by atoms with Crippen LogP contribution in [0, 0.1) is 0 Å². The van der Waals surface area contributed by atoms with Gasteiger partial charge in [0.15, 0.2) is 0 Å². The minimum absolute atomic E-state index is 0.174. The third-order valence-electron chi connectivity index (χ3n) is 2.31. The number of nitrogens with zero attached hydrogens (tertiary/aromatic N) is 1. The maximum Gasteiger partial charge on any atom is 0.321 e. The number of hydrogen-bond donors (Lipinski definition) is 1. The highest BCUT2D eigenvalue weighted by atomic mass is 35.5. The number of halogens is 1. The van der Waals surface area contributed by atoms with Crippen molar-refractivity contribution < 1.29 is 9.53 Å². The molecular weight excluding hydrogens is 240 g/mol. The Hall–Kier alpha value is -1.42. The number of benzene rings is 1. The fourth-order valence-electron chi connectivity index (χ4n) is 1.43. The molecule has 1 aromatic rings. The predicted molar refractivity (Wildman–Crippen MR) is 69.9 cm³/mol. The zero-order valence-corrected chi connectivity index (χ0v) is 11.0. The lowest BCUT2D eigenvalue weighted by Gasteiger charge is -2.18. The first kappa shape index (κ1) is 13.6. The van der Waals surface area contributed by atoms with Crippen molar-refractivity contribution in [3.05, 3.63) is 23.2 Å². The van der Waals surface area contributed by atoms with E-state index in [9.17, 15) is 4.79 Å². The minimum Gasteiger partial charge on any atom is -0.495 e. The Morgan fingerprint density at radius 2 is 2.24 bits per heavy atom. The van der Waals surface area contributed by atoms with Gasteiger partial charge in [-0.3, -0.25) is 0 Å². The van der Waals surface area contributed by atoms with E-state index in [1.165, 1.54) is 0 Å². The van der Waals surface area contributed by atoms with E-state index in [2.05, 4.69) is 5.32 Å². The number of urea groups is 1. The number of amides is 2. The molecule has 0 fully saturated rings. The van der Waals surface area contributed by atoms with Crippen LogP contribution < -0.4 is 10.1 Å². The quantitative estimate of drug-likeness (QED) is 0.899. The third-order valence-corrected chi connectivity index (χ3v) is 2.54. The van der Waals surface area contributed by atoms with Crippen LogP contribution in [0.4, 0.5) is 10.5 Å². The van der Waals surface area contributed by atoms with Gasteiger partial charge >= 0.3 is 6.03 Å². The number of carbonyl (C=O) groups excluding carboxylic acids is 1. The van der Waals surface area contributed by atoms with Crippen LogP contribution in [-0.4, -0.2) is 31.6 Å². The van der Waals surface area contributed by atoms with Gasteiger partial charge in [-0.25, -0.2) is 4.79 Å². The van der Waals surface area contributed by atoms with Crippen LogP contribution in [0.5, 0.6) is 5.75 Å². The number of hydrogen-bond acceptors (Lipinski definition) is 2. The summed E-state index contributed by atoms with van der Waals surface area (Å²) in [5.41, 5.74) is 0.577. The van der Waals surface area contributed by atoms with Gasteiger partial charge in [-0.1, -0.05) is 18.5 Å². The van der Waals surface area contributed by atoms with Gasteiger partial charge in [0.2, 0.25) is 0 Å². The zero-order valence-electron chi connectivity index (χ0n) is 10.3. The fraction of sp³-hybridized carbons (Fsp3) is 0.417. The Bertz CT molecular complexity index is 396. The molecular formula is C12H17ClN2O2. The summed E-state index contributed by atoms with van der Waals surface area (Å²) in [6.07, 6.45) is 0.913. The first-order chi connectivity index (χ1) is 8.08. The first-order valence-electron chi connectivity index (χ1n) is 5.44. The molecule has 0 radical (unpaired) electrons. The monoisotopic (exact) mass is 256 g/mol. The Labute approximate surface area is 107 Å². The average molecular weight is 257 g/mol. The molecule has 0 unspecified atom stereocenters. The number of anilines is 1. The van der Waals surface area contributed by atoms with Gasteiger partial charge in [-0.2, -0.15) is 0 Å². The van der Waals surface area contributed by atoms with Crippen LogP contribution in [0.2, 0.25) is 5.02 Å². The van der Waals surface area contributed by atoms with E-state index in [1.54, 1.807) is 37.3 Å². The van der Waals surface area contributed by atoms with E-state index >= 15 is 0 Å². The van der Waals surface area contributed by atoms with Crippen molar-refractivity contribution in [1.29, 1.82) is 0 Å². The maximum atomic E-state index is 11.8. The fourth-order valence-corrected chi connectivity index (χ4v) is 1.60. The SMILES string of the molecule is CCCN(C)C(=O)Nc1cc(Cl)ccc1OC. The summed E-state index contributed by atoms with van der Waals surface area (Å²) in [7, 11) is 3.30. The lowest BCUT2D eigenvalue weighted by atomic mass is 10.3. The van der Waals surface area contributed by atoms with Crippen molar-refractivity contribution in [2.75, 3.05) is 26.0 Å². The molecule has 2 amide bonds. The van der Waals surface area contributed by atoms with Crippen molar-refractivity contribution in [3.8, 4) is 5.75 Å². The second-order valence-electron chi connectivity index (χ2n) is 3.70. The van der Waals surface area contributed by atoms with Crippen molar-refractivity contribution >= 4 is 23.3 Å². The van der Waals surface area contributed by atoms with Crippen LogP contribution in [-0.2, 0) is 0 Å². The molecule has 1 N–H and O–H groups in total. The van der Waals surface area contributed by atoms with Crippen molar-refractivity contribution in [1.82, 2.24) is 4.90 Å². The molecule has 0 bridgehead atoms. The van der Waals surface area contributed by atoms with Crippen LogP contribution in [0.3, 0.4) is 0 Å². The van der Waals surface area contributed by atoms with E-state index in [4.69, 9.17) is 16.3 Å². The Morgan fingerprint density at radius 1 is 1.53 bits per heavy atom. The van der Waals surface area contributed by atoms with E-state index in [1.807, 2.05) is 6.92 Å². The molecule has 1 rings (SSSR count). The smallest absolute Gasteiger partial charge is 0.321 e. The van der Waals surface area contributed by atoms with Crippen molar-refractivity contribution in [2.24, 2.45) is 0 Å². The van der Waals surface area contributed by atoms with Crippen LogP contribution in [0.15, 0.2) is 18.2 Å².